The van der Waals surface area contributed by atoms with Crippen molar-refractivity contribution in [3.63, 3.8) is 0 Å². The summed E-state index contributed by atoms with van der Waals surface area (Å²) in [5.41, 5.74) is 7.18. The molecule has 0 spiro atoms. The first kappa shape index (κ1) is 59.0. The van der Waals surface area contributed by atoms with Gasteiger partial charge in [0.15, 0.2) is 0 Å². The molecule has 0 saturated carbocycles. The molecule has 8 rings (SSSR count). The topological polar surface area (TPSA) is 222 Å². The molecule has 1 saturated heterocycles. The van der Waals surface area contributed by atoms with Crippen molar-refractivity contribution in [2.24, 2.45) is 10.8 Å². The highest BCUT2D eigenvalue weighted by Crippen LogP contribution is 2.35. The van der Waals surface area contributed by atoms with Crippen LogP contribution in [0.2, 0.25) is 0 Å². The third kappa shape index (κ3) is 13.7. The molecule has 80 heavy (non-hydrogen) atoms. The SMILES string of the molecule is CN[C@@H](C)C(=O)NC(C(=O)N1C[C@@H](NC(=O)c2ccc(CNc3ccc4c(c3)CN(C(=O)[C@@H](NC(=O)[C@H](C)NC)C(C)(C)C)[C@H](C(=O)N[C@@H]3CCCc5ccccc53)C4)cc2)C[C@H]1C(=O)N[C@@H]1CCCc2ccccc21)C(C)(C)C. The molecule has 1 unspecified atom stereocenters. The van der Waals surface area contributed by atoms with E-state index in [0.29, 0.717) is 18.5 Å². The van der Waals surface area contributed by atoms with E-state index in [0.717, 1.165) is 72.0 Å². The van der Waals surface area contributed by atoms with Gasteiger partial charge in [0, 0.05) is 43.3 Å². The maximum absolute atomic E-state index is 14.9. The van der Waals surface area contributed by atoms with Crippen molar-refractivity contribution in [1.82, 2.24) is 47.0 Å². The molecule has 0 bridgehead atoms. The summed E-state index contributed by atoms with van der Waals surface area (Å²) in [7, 11) is 3.37. The Labute approximate surface area is 472 Å². The molecule has 2 aliphatic heterocycles. The van der Waals surface area contributed by atoms with E-state index >= 15 is 0 Å². The summed E-state index contributed by atoms with van der Waals surface area (Å²) in [6.07, 6.45) is 5.80. The number of nitrogens with one attached hydrogen (secondary N) is 8. The molecule has 4 aromatic carbocycles. The number of carbonyl (C=O) groups is 7. The number of aryl methyl sites for hydroxylation is 2. The first-order valence-corrected chi connectivity index (χ1v) is 28.6. The van der Waals surface area contributed by atoms with Crippen LogP contribution in [0.1, 0.15) is 149 Å². The third-order valence-corrected chi connectivity index (χ3v) is 16.7. The van der Waals surface area contributed by atoms with Gasteiger partial charge in [0.25, 0.3) is 5.91 Å². The molecular weight excluding hydrogens is 1010 g/mol. The van der Waals surface area contributed by atoms with Crippen LogP contribution in [-0.4, -0.2) is 114 Å². The van der Waals surface area contributed by atoms with E-state index in [-0.39, 0.29) is 72.9 Å². The summed E-state index contributed by atoms with van der Waals surface area (Å²) in [6.45, 7) is 15.5. The number of amides is 7. The zero-order valence-electron chi connectivity index (χ0n) is 48.4. The number of likely N-dealkylation sites (N-methyl/N-ethyl adjacent to an activating group) is 2. The normalized spacial score (nSPS) is 21.2. The van der Waals surface area contributed by atoms with Crippen LogP contribution in [0.25, 0.3) is 0 Å². The van der Waals surface area contributed by atoms with Gasteiger partial charge in [-0.05, 0) is 147 Å². The average Bonchev–Trinajstić information content (AvgIpc) is 3.98. The number of hydrogen-bond donors (Lipinski definition) is 8. The minimum Gasteiger partial charge on any atom is -0.381 e. The molecule has 17 nitrogen and oxygen atoms in total. The molecule has 428 valence electrons. The van der Waals surface area contributed by atoms with Crippen LogP contribution < -0.4 is 42.5 Å². The van der Waals surface area contributed by atoms with E-state index in [1.807, 2.05) is 102 Å². The molecule has 4 aliphatic rings. The van der Waals surface area contributed by atoms with Gasteiger partial charge in [-0.15, -0.1) is 0 Å². The van der Waals surface area contributed by atoms with Crippen LogP contribution in [0.4, 0.5) is 5.69 Å². The molecule has 0 radical (unpaired) electrons. The average molecular weight is 1090 g/mol. The van der Waals surface area contributed by atoms with Crippen LogP contribution in [0.15, 0.2) is 91.0 Å². The summed E-state index contributed by atoms with van der Waals surface area (Å²) in [5.74, 6) is -2.24. The lowest BCUT2D eigenvalue weighted by Crippen LogP contribution is -2.62. The van der Waals surface area contributed by atoms with Gasteiger partial charge in [-0.3, -0.25) is 33.6 Å². The largest absolute Gasteiger partial charge is 0.381 e. The fourth-order valence-corrected chi connectivity index (χ4v) is 11.6. The Morgan fingerprint density at radius 3 is 1.62 bits per heavy atom. The van der Waals surface area contributed by atoms with Crippen molar-refractivity contribution in [2.45, 2.75) is 174 Å². The van der Waals surface area contributed by atoms with Gasteiger partial charge >= 0.3 is 0 Å². The summed E-state index contributed by atoms with van der Waals surface area (Å²) in [6, 6.07) is 23.9. The smallest absolute Gasteiger partial charge is 0.251 e. The number of anilines is 1. The number of nitrogens with zero attached hydrogens (tertiary/aromatic N) is 2. The molecule has 9 atom stereocenters. The van der Waals surface area contributed by atoms with Crippen molar-refractivity contribution in [3.8, 4) is 0 Å². The Bertz CT molecular complexity index is 2930. The third-order valence-electron chi connectivity index (χ3n) is 16.7. The standard InChI is InChI=1S/C63H84N10O7/c1-37(64-9)55(74)70-53(62(3,4)5)60(79)72-35-44-31-45(30-29-43(44)32-51(72)58(77)68-49-23-15-19-40-17-11-13-21-47(40)49)66-34-39-25-27-42(28-26-39)57(76)67-46-33-52(59(78)69-50-24-16-20-41-18-12-14-22-48(41)50)73(36-46)61(80)54(63(6,7)8)71-56(75)38(2)65-10/h11-14,17-18,21-22,25-31,37-38,46,49-54,64-66H,15-16,19-20,23-24,32-36H2,1-10H3,(H,67,76)(H,68,77)(H,69,78)(H,70,74)(H,71,75)/t37-,38-,46-,49+,50+,51-,52-,53+,54?/m0/s1. The van der Waals surface area contributed by atoms with Gasteiger partial charge in [0.2, 0.25) is 35.4 Å². The van der Waals surface area contributed by atoms with Crippen LogP contribution in [-0.2, 0) is 61.1 Å². The van der Waals surface area contributed by atoms with Crippen molar-refractivity contribution in [3.05, 3.63) is 136 Å². The molecule has 7 amide bonds. The number of hydrogen-bond acceptors (Lipinski definition) is 10. The van der Waals surface area contributed by atoms with E-state index in [1.165, 1.54) is 16.0 Å². The van der Waals surface area contributed by atoms with Crippen molar-refractivity contribution in [1.29, 1.82) is 0 Å². The Hall–Kier alpha value is -7.11. The number of carbonyl (C=O) groups excluding carboxylic acids is 7. The van der Waals surface area contributed by atoms with E-state index < -0.39 is 53.1 Å². The quantitative estimate of drug-likeness (QED) is 0.0624. The molecule has 17 heteroatoms. The first-order chi connectivity index (χ1) is 38.0. The first-order valence-electron chi connectivity index (χ1n) is 28.6. The summed E-state index contributed by atoms with van der Waals surface area (Å²) < 4.78 is 0. The maximum atomic E-state index is 14.9. The van der Waals surface area contributed by atoms with E-state index in [2.05, 4.69) is 60.7 Å². The van der Waals surface area contributed by atoms with E-state index in [1.54, 1.807) is 45.0 Å². The number of benzene rings is 4. The van der Waals surface area contributed by atoms with Crippen molar-refractivity contribution in [2.75, 3.05) is 26.0 Å². The van der Waals surface area contributed by atoms with Crippen molar-refractivity contribution >= 4 is 47.0 Å². The summed E-state index contributed by atoms with van der Waals surface area (Å²) >= 11 is 0. The van der Waals surface area contributed by atoms with Gasteiger partial charge in [-0.2, -0.15) is 0 Å². The fourth-order valence-electron chi connectivity index (χ4n) is 11.6. The molecule has 2 aliphatic carbocycles. The highest BCUT2D eigenvalue weighted by atomic mass is 16.2. The number of fused-ring (bicyclic) bond motifs is 3. The minimum absolute atomic E-state index is 0.0790. The van der Waals surface area contributed by atoms with Crippen LogP contribution in [0, 0.1) is 10.8 Å². The molecule has 0 aromatic heterocycles. The van der Waals surface area contributed by atoms with Gasteiger partial charge < -0.3 is 52.3 Å². The Morgan fingerprint density at radius 2 is 1.10 bits per heavy atom. The van der Waals surface area contributed by atoms with Gasteiger partial charge in [0.05, 0.1) is 24.2 Å². The second kappa shape index (κ2) is 25.1. The van der Waals surface area contributed by atoms with Gasteiger partial charge in [0.1, 0.15) is 24.2 Å². The summed E-state index contributed by atoms with van der Waals surface area (Å²) in [5, 5.41) is 25.0. The van der Waals surface area contributed by atoms with E-state index in [9.17, 15) is 33.6 Å². The zero-order chi connectivity index (χ0) is 57.6. The fraction of sp³-hybridized carbons (Fsp3) is 0.508. The highest BCUT2D eigenvalue weighted by Gasteiger charge is 2.47. The lowest BCUT2D eigenvalue weighted by atomic mass is 9.83. The molecule has 4 aromatic rings. The molecule has 2 heterocycles. The molecule has 1 fully saturated rings. The zero-order valence-corrected chi connectivity index (χ0v) is 48.4. The van der Waals surface area contributed by atoms with Crippen LogP contribution >= 0.6 is 0 Å². The van der Waals surface area contributed by atoms with Crippen LogP contribution in [0.5, 0.6) is 0 Å². The lowest BCUT2D eigenvalue weighted by Gasteiger charge is -2.42. The Morgan fingerprint density at radius 1 is 0.588 bits per heavy atom. The maximum Gasteiger partial charge on any atom is 0.251 e. The molecule has 8 N–H and O–H groups in total. The molecular formula is C63H84N10O7. The number of likely N-dealkylation sites (tertiary alicyclic amines) is 1. The number of rotatable bonds is 17. The predicted molar refractivity (Wildman–Crippen MR) is 310 cm³/mol. The Balaban J connectivity index is 0.955. The van der Waals surface area contributed by atoms with Gasteiger partial charge in [-0.1, -0.05) is 108 Å². The van der Waals surface area contributed by atoms with Crippen LogP contribution in [0.3, 0.4) is 0 Å². The second-order valence-electron chi connectivity index (χ2n) is 24.6. The Kier molecular flexibility index (Phi) is 18.5. The monoisotopic (exact) mass is 1090 g/mol. The van der Waals surface area contributed by atoms with Gasteiger partial charge in [-0.25, -0.2) is 0 Å². The lowest BCUT2D eigenvalue weighted by molar-refractivity contribution is -0.147. The highest BCUT2D eigenvalue weighted by molar-refractivity contribution is 5.97. The van der Waals surface area contributed by atoms with E-state index in [4.69, 9.17) is 0 Å². The minimum atomic E-state index is -0.942. The predicted octanol–water partition coefficient (Wildman–Crippen LogP) is 5.92. The second-order valence-corrected chi connectivity index (χ2v) is 24.6. The summed E-state index contributed by atoms with van der Waals surface area (Å²) in [4.78, 5) is 102. The van der Waals surface area contributed by atoms with Crippen molar-refractivity contribution < 1.29 is 33.6 Å².